The van der Waals surface area contributed by atoms with E-state index in [1.165, 1.54) is 0 Å². The first-order valence-electron chi connectivity index (χ1n) is 6.60. The zero-order chi connectivity index (χ0) is 15.6. The maximum Gasteiger partial charge on any atom is 0.416 e. The highest BCUT2D eigenvalue weighted by molar-refractivity contribution is 5.39. The average molecular weight is 307 g/mol. The number of halogens is 3. The Morgan fingerprint density at radius 1 is 1.14 bits per heavy atom. The Morgan fingerprint density at radius 2 is 2.00 bits per heavy atom. The van der Waals surface area contributed by atoms with Crippen molar-refractivity contribution >= 4 is 11.5 Å². The van der Waals surface area contributed by atoms with Gasteiger partial charge in [-0.15, -0.1) is 10.2 Å². The number of rotatable bonds is 4. The Hall–Kier alpha value is -2.64. The summed E-state index contributed by atoms with van der Waals surface area (Å²) in [4.78, 5) is 3.88. The lowest BCUT2D eigenvalue weighted by Gasteiger charge is -2.09. The molecule has 22 heavy (non-hydrogen) atoms. The van der Waals surface area contributed by atoms with Crippen LogP contribution in [0.4, 0.5) is 19.0 Å². The van der Waals surface area contributed by atoms with Crippen LogP contribution < -0.4 is 5.32 Å². The second kappa shape index (κ2) is 5.63. The van der Waals surface area contributed by atoms with E-state index in [0.29, 0.717) is 13.0 Å². The number of fused-ring (bicyclic) bond motifs is 1. The van der Waals surface area contributed by atoms with Crippen LogP contribution in [0, 0.1) is 0 Å². The Kier molecular flexibility index (Phi) is 3.66. The van der Waals surface area contributed by atoms with Crippen LogP contribution in [0.5, 0.6) is 0 Å². The zero-order valence-electron chi connectivity index (χ0n) is 11.4. The van der Waals surface area contributed by atoms with Gasteiger partial charge in [-0.3, -0.25) is 4.40 Å². The smallest absolute Gasteiger partial charge is 0.370 e. The van der Waals surface area contributed by atoms with E-state index in [-0.39, 0.29) is 5.82 Å². The molecule has 0 atom stereocenters. The minimum absolute atomic E-state index is 0.184. The number of alkyl halides is 3. The topological polar surface area (TPSA) is 55.1 Å². The average Bonchev–Trinajstić information content (AvgIpc) is 2.90. The van der Waals surface area contributed by atoms with Crippen LogP contribution in [0.15, 0.2) is 42.7 Å². The molecule has 0 bridgehead atoms. The summed E-state index contributed by atoms with van der Waals surface area (Å²) in [7, 11) is 0. The lowest BCUT2D eigenvalue weighted by molar-refractivity contribution is -0.137. The van der Waals surface area contributed by atoms with Crippen molar-refractivity contribution in [3.05, 3.63) is 54.1 Å². The van der Waals surface area contributed by atoms with Crippen molar-refractivity contribution in [3.63, 3.8) is 0 Å². The number of nitrogens with one attached hydrogen (secondary N) is 1. The molecule has 5 nitrogen and oxygen atoms in total. The molecular formula is C14H12F3N5. The van der Waals surface area contributed by atoms with E-state index in [2.05, 4.69) is 20.5 Å². The molecule has 0 spiro atoms. The van der Waals surface area contributed by atoms with Crippen LogP contribution in [0.1, 0.15) is 11.4 Å². The van der Waals surface area contributed by atoms with Crippen molar-refractivity contribution in [2.45, 2.75) is 12.6 Å². The fraction of sp³-hybridized carbons (Fsp3) is 0.214. The molecule has 0 aliphatic heterocycles. The van der Waals surface area contributed by atoms with E-state index in [4.69, 9.17) is 0 Å². The van der Waals surface area contributed by atoms with Crippen molar-refractivity contribution in [1.29, 1.82) is 0 Å². The Morgan fingerprint density at radius 3 is 2.82 bits per heavy atom. The molecule has 8 heteroatoms. The largest absolute Gasteiger partial charge is 0.416 e. The first-order chi connectivity index (χ1) is 10.5. The summed E-state index contributed by atoms with van der Waals surface area (Å²) in [6.45, 7) is 0.407. The Labute approximate surface area is 123 Å². The van der Waals surface area contributed by atoms with Gasteiger partial charge in [0.1, 0.15) is 11.6 Å². The number of hydrogen-bond acceptors (Lipinski definition) is 4. The molecule has 114 valence electrons. The van der Waals surface area contributed by atoms with Crippen LogP contribution >= 0.6 is 0 Å². The number of nitrogens with zero attached hydrogens (tertiary/aromatic N) is 4. The molecular weight excluding hydrogens is 295 g/mol. The third-order valence-electron chi connectivity index (χ3n) is 3.13. The maximum absolute atomic E-state index is 12.6. The summed E-state index contributed by atoms with van der Waals surface area (Å²) >= 11 is 0. The van der Waals surface area contributed by atoms with E-state index in [9.17, 15) is 13.2 Å². The normalized spacial score (nSPS) is 11.8. The molecule has 0 aliphatic rings. The molecule has 1 N–H and O–H groups in total. The summed E-state index contributed by atoms with van der Waals surface area (Å²) in [5.74, 6) is 0.915. The summed E-state index contributed by atoms with van der Waals surface area (Å²) in [5, 5.41) is 10.9. The van der Waals surface area contributed by atoms with Crippen LogP contribution in [0.3, 0.4) is 0 Å². The van der Waals surface area contributed by atoms with E-state index < -0.39 is 11.7 Å². The first-order valence-corrected chi connectivity index (χ1v) is 6.60. The van der Waals surface area contributed by atoms with Gasteiger partial charge in [0.2, 0.25) is 0 Å². The van der Waals surface area contributed by atoms with Gasteiger partial charge in [0.15, 0.2) is 5.65 Å². The van der Waals surface area contributed by atoms with Crippen LogP contribution in [0.25, 0.3) is 5.65 Å². The molecule has 3 aromatic heterocycles. The van der Waals surface area contributed by atoms with Crippen molar-refractivity contribution in [1.82, 2.24) is 19.6 Å². The van der Waals surface area contributed by atoms with E-state index in [0.717, 1.165) is 29.8 Å². The molecule has 3 rings (SSSR count). The standard InChI is InChI=1S/C14H12F3N5/c15-14(16,17)10-4-6-18-11(9-10)19-7-5-13-21-20-12-3-1-2-8-22(12)13/h1-4,6,8-9H,5,7H2,(H,18,19). The van der Waals surface area contributed by atoms with E-state index in [1.54, 1.807) is 0 Å². The molecule has 3 aromatic rings. The summed E-state index contributed by atoms with van der Waals surface area (Å²) in [6, 6.07) is 7.48. The second-order valence-corrected chi connectivity index (χ2v) is 4.65. The Bertz CT molecular complexity index is 781. The third-order valence-corrected chi connectivity index (χ3v) is 3.13. The molecule has 0 amide bonds. The number of hydrogen-bond donors (Lipinski definition) is 1. The monoisotopic (exact) mass is 307 g/mol. The van der Waals surface area contributed by atoms with Crippen LogP contribution in [-0.4, -0.2) is 26.1 Å². The zero-order valence-corrected chi connectivity index (χ0v) is 11.4. The minimum Gasteiger partial charge on any atom is -0.370 e. The van der Waals surface area contributed by atoms with E-state index in [1.807, 2.05) is 28.8 Å². The number of aromatic nitrogens is 4. The molecule has 0 radical (unpaired) electrons. The van der Waals surface area contributed by atoms with Gasteiger partial charge in [-0.2, -0.15) is 13.2 Å². The van der Waals surface area contributed by atoms with Gasteiger partial charge in [-0.25, -0.2) is 4.98 Å². The fourth-order valence-corrected chi connectivity index (χ4v) is 2.07. The van der Waals surface area contributed by atoms with Gasteiger partial charge in [0.05, 0.1) is 5.56 Å². The maximum atomic E-state index is 12.6. The van der Waals surface area contributed by atoms with Crippen molar-refractivity contribution < 1.29 is 13.2 Å². The summed E-state index contributed by atoms with van der Waals surface area (Å²) < 4.78 is 39.7. The van der Waals surface area contributed by atoms with Crippen molar-refractivity contribution in [2.24, 2.45) is 0 Å². The van der Waals surface area contributed by atoms with Gasteiger partial charge in [-0.1, -0.05) is 6.07 Å². The third kappa shape index (κ3) is 3.00. The summed E-state index contributed by atoms with van der Waals surface area (Å²) in [5.41, 5.74) is 0.00706. The van der Waals surface area contributed by atoms with Crippen LogP contribution in [-0.2, 0) is 12.6 Å². The van der Waals surface area contributed by atoms with Gasteiger partial charge in [-0.05, 0) is 24.3 Å². The molecule has 0 aromatic carbocycles. The summed E-state index contributed by atoms with van der Waals surface area (Å²) in [6.07, 6.45) is -0.878. The predicted molar refractivity (Wildman–Crippen MR) is 74.4 cm³/mol. The predicted octanol–water partition coefficient (Wildman–Crippen LogP) is 2.80. The van der Waals surface area contributed by atoms with Crippen molar-refractivity contribution in [2.75, 3.05) is 11.9 Å². The van der Waals surface area contributed by atoms with Gasteiger partial charge in [0, 0.05) is 25.4 Å². The fourth-order valence-electron chi connectivity index (χ4n) is 2.07. The molecule has 0 aliphatic carbocycles. The lowest BCUT2D eigenvalue weighted by atomic mass is 10.2. The van der Waals surface area contributed by atoms with Gasteiger partial charge < -0.3 is 5.32 Å². The Balaban J connectivity index is 1.66. The van der Waals surface area contributed by atoms with Crippen molar-refractivity contribution in [3.8, 4) is 0 Å². The molecule has 0 saturated heterocycles. The highest BCUT2D eigenvalue weighted by atomic mass is 19.4. The highest BCUT2D eigenvalue weighted by Crippen LogP contribution is 2.29. The van der Waals surface area contributed by atoms with Gasteiger partial charge >= 0.3 is 6.18 Å². The second-order valence-electron chi connectivity index (χ2n) is 4.65. The molecule has 3 heterocycles. The minimum atomic E-state index is -4.37. The van der Waals surface area contributed by atoms with E-state index >= 15 is 0 Å². The molecule has 0 fully saturated rings. The first kappa shape index (κ1) is 14.3. The quantitative estimate of drug-likeness (QED) is 0.805. The SMILES string of the molecule is FC(F)(F)c1ccnc(NCCc2nnc3ccccn23)c1. The highest BCUT2D eigenvalue weighted by Gasteiger charge is 2.30. The molecule has 0 unspecified atom stereocenters. The lowest BCUT2D eigenvalue weighted by Crippen LogP contribution is -2.11. The van der Waals surface area contributed by atoms with Crippen LogP contribution in [0.2, 0.25) is 0 Å². The van der Waals surface area contributed by atoms with Gasteiger partial charge in [0.25, 0.3) is 0 Å². The molecule has 0 saturated carbocycles. The number of pyridine rings is 2. The number of anilines is 1.